The van der Waals surface area contributed by atoms with E-state index in [1.807, 2.05) is 0 Å². The molecule has 0 saturated carbocycles. The lowest BCUT2D eigenvalue weighted by molar-refractivity contribution is -0.169. The lowest BCUT2D eigenvalue weighted by Crippen LogP contribution is -2.52. The van der Waals surface area contributed by atoms with Crippen molar-refractivity contribution in [2.45, 2.75) is 46.6 Å². The van der Waals surface area contributed by atoms with Crippen molar-refractivity contribution < 1.29 is 27.6 Å². The molecule has 0 aliphatic heterocycles. The van der Waals surface area contributed by atoms with Gasteiger partial charge in [0.25, 0.3) is 0 Å². The van der Waals surface area contributed by atoms with Crippen LogP contribution >= 0.6 is 0 Å². The van der Waals surface area contributed by atoms with Crippen molar-refractivity contribution in [3.05, 3.63) is 12.0 Å². The van der Waals surface area contributed by atoms with E-state index >= 15 is 0 Å². The minimum absolute atomic E-state index is 0.0687. The molecule has 0 aliphatic rings. The standard InChI is InChI=1S/C13H24O6S/c1-7-13(10(3)14,9-20(16,17,18)8-2)11(15)19-12(4,5)6/h8H,2,7,9H2,1,3-6H3,(H2,16,17,18). The maximum absolute atomic E-state index is 12.3. The summed E-state index contributed by atoms with van der Waals surface area (Å²) in [5.41, 5.74) is -2.74. The molecule has 0 amide bonds. The fraction of sp³-hybridized carbons (Fsp3) is 0.692. The number of carbonyl (C=O) groups is 2. The van der Waals surface area contributed by atoms with Crippen molar-refractivity contribution in [3.63, 3.8) is 0 Å². The predicted molar refractivity (Wildman–Crippen MR) is 77.7 cm³/mol. The summed E-state index contributed by atoms with van der Waals surface area (Å²) < 4.78 is 36.5. The van der Waals surface area contributed by atoms with E-state index in [9.17, 15) is 22.9 Å². The molecule has 0 aromatic heterocycles. The Bertz CT molecular complexity index is 482. The van der Waals surface area contributed by atoms with E-state index in [2.05, 4.69) is 6.58 Å². The summed E-state index contributed by atoms with van der Waals surface area (Å²) in [4.78, 5) is 24.1. The Morgan fingerprint density at radius 3 is 2.00 bits per heavy atom. The summed E-state index contributed by atoms with van der Waals surface area (Å²) in [5, 5.41) is 0.467. The predicted octanol–water partition coefficient (Wildman–Crippen LogP) is 2.22. The van der Waals surface area contributed by atoms with E-state index in [1.165, 1.54) is 6.92 Å². The Hall–Kier alpha value is -1.05. The second-order valence-corrected chi connectivity index (χ2v) is 8.67. The third-order valence-corrected chi connectivity index (χ3v) is 4.63. The lowest BCUT2D eigenvalue weighted by Gasteiger charge is -2.38. The Balaban J connectivity index is 5.78. The quantitative estimate of drug-likeness (QED) is 0.576. The van der Waals surface area contributed by atoms with Crippen LogP contribution in [0.4, 0.5) is 0 Å². The molecule has 0 heterocycles. The molecule has 0 bridgehead atoms. The van der Waals surface area contributed by atoms with Gasteiger partial charge in [-0.2, -0.15) is 0 Å². The Labute approximate surface area is 119 Å². The van der Waals surface area contributed by atoms with Gasteiger partial charge in [-0.25, -0.2) is 4.21 Å². The molecule has 7 heteroatoms. The van der Waals surface area contributed by atoms with Crippen LogP contribution < -0.4 is 0 Å². The molecule has 0 rings (SSSR count). The fourth-order valence-corrected chi connectivity index (χ4v) is 3.27. The maximum Gasteiger partial charge on any atom is 0.321 e. The number of Topliss-reactive ketones (excluding diaryl/α,β-unsaturated/α-hetero) is 1. The average Bonchev–Trinajstić information content (AvgIpc) is 2.22. The van der Waals surface area contributed by atoms with Crippen LogP contribution in [0.1, 0.15) is 41.0 Å². The van der Waals surface area contributed by atoms with Gasteiger partial charge < -0.3 is 13.8 Å². The topological polar surface area (TPSA) is 101 Å². The molecule has 118 valence electrons. The van der Waals surface area contributed by atoms with Crippen molar-refractivity contribution in [2.75, 3.05) is 5.75 Å². The highest BCUT2D eigenvalue weighted by Crippen LogP contribution is 2.35. The van der Waals surface area contributed by atoms with Gasteiger partial charge in [0.1, 0.15) is 26.4 Å². The molecule has 0 radical (unpaired) electrons. The molecular formula is C13H24O6S. The maximum atomic E-state index is 12.3. The first-order valence-electron chi connectivity index (χ1n) is 6.20. The number of ketones is 1. The second kappa shape index (κ2) is 5.38. The average molecular weight is 308 g/mol. The van der Waals surface area contributed by atoms with Crippen LogP contribution in [0, 0.1) is 5.41 Å². The Morgan fingerprint density at radius 2 is 1.75 bits per heavy atom. The van der Waals surface area contributed by atoms with Crippen molar-refractivity contribution >= 4 is 21.4 Å². The van der Waals surface area contributed by atoms with Gasteiger partial charge in [-0.1, -0.05) is 13.5 Å². The van der Waals surface area contributed by atoms with Gasteiger partial charge in [0.05, 0.1) is 5.75 Å². The molecule has 1 unspecified atom stereocenters. The van der Waals surface area contributed by atoms with Crippen LogP contribution in [-0.4, -0.2) is 36.4 Å². The summed E-state index contributed by atoms with van der Waals surface area (Å²) in [6, 6.07) is 0. The van der Waals surface area contributed by atoms with Crippen molar-refractivity contribution in [3.8, 4) is 0 Å². The molecule has 0 fully saturated rings. The molecule has 1 atom stereocenters. The monoisotopic (exact) mass is 308 g/mol. The van der Waals surface area contributed by atoms with Gasteiger partial charge in [0.15, 0.2) is 0 Å². The highest BCUT2D eigenvalue weighted by atomic mass is 32.3. The number of hydrogen-bond acceptors (Lipinski definition) is 4. The summed E-state index contributed by atoms with van der Waals surface area (Å²) in [6.45, 7) is 10.6. The van der Waals surface area contributed by atoms with E-state index < -0.39 is 38.1 Å². The number of ether oxygens (including phenoxy) is 1. The van der Waals surface area contributed by atoms with Gasteiger partial charge >= 0.3 is 5.97 Å². The first-order chi connectivity index (χ1) is 8.67. The second-order valence-electron chi connectivity index (χ2n) is 5.89. The van der Waals surface area contributed by atoms with Crippen LogP contribution in [0.25, 0.3) is 0 Å². The molecule has 0 aliphatic carbocycles. The van der Waals surface area contributed by atoms with Crippen LogP contribution in [0.3, 0.4) is 0 Å². The van der Waals surface area contributed by atoms with E-state index in [1.54, 1.807) is 20.8 Å². The van der Waals surface area contributed by atoms with Crippen molar-refractivity contribution in [2.24, 2.45) is 5.41 Å². The van der Waals surface area contributed by atoms with E-state index in [0.717, 1.165) is 6.92 Å². The number of hydrogen-bond donors (Lipinski definition) is 2. The van der Waals surface area contributed by atoms with E-state index in [4.69, 9.17) is 4.74 Å². The molecule has 0 aromatic carbocycles. The smallest absolute Gasteiger partial charge is 0.321 e. The first-order valence-corrected chi connectivity index (χ1v) is 8.31. The number of carbonyl (C=O) groups excluding carboxylic acids is 2. The zero-order chi connectivity index (χ0) is 16.4. The molecule has 20 heavy (non-hydrogen) atoms. The molecule has 2 N–H and O–H groups in total. The molecule has 6 nitrogen and oxygen atoms in total. The van der Waals surface area contributed by atoms with Gasteiger partial charge in [-0.15, -0.1) is 0 Å². The molecule has 0 aromatic rings. The molecule has 0 spiro atoms. The Morgan fingerprint density at radius 1 is 1.30 bits per heavy atom. The summed E-state index contributed by atoms with van der Waals surface area (Å²) in [6.07, 6.45) is -0.0687. The first kappa shape index (κ1) is 18.9. The summed E-state index contributed by atoms with van der Waals surface area (Å²) in [7, 11) is -5.25. The Kier molecular flexibility index (Phi) is 5.10. The third kappa shape index (κ3) is 4.81. The van der Waals surface area contributed by atoms with E-state index in [0.29, 0.717) is 5.41 Å². The van der Waals surface area contributed by atoms with Crippen LogP contribution in [0.5, 0.6) is 0 Å². The van der Waals surface area contributed by atoms with Gasteiger partial charge in [0, 0.05) is 5.41 Å². The largest absolute Gasteiger partial charge is 0.459 e. The summed E-state index contributed by atoms with van der Waals surface area (Å²) >= 11 is 0. The van der Waals surface area contributed by atoms with Crippen LogP contribution in [-0.2, 0) is 24.0 Å². The number of rotatable bonds is 6. The van der Waals surface area contributed by atoms with Crippen LogP contribution in [0.15, 0.2) is 12.0 Å². The minimum atomic E-state index is -5.25. The molecule has 0 saturated heterocycles. The zero-order valence-corrected chi connectivity index (χ0v) is 13.5. The van der Waals surface area contributed by atoms with E-state index in [-0.39, 0.29) is 6.42 Å². The highest BCUT2D eigenvalue weighted by Gasteiger charge is 2.51. The third-order valence-electron chi connectivity index (χ3n) is 2.92. The van der Waals surface area contributed by atoms with Crippen molar-refractivity contribution in [1.82, 2.24) is 0 Å². The summed E-state index contributed by atoms with van der Waals surface area (Å²) in [5.74, 6) is -2.52. The fourth-order valence-electron chi connectivity index (χ4n) is 1.70. The van der Waals surface area contributed by atoms with Gasteiger partial charge in [0.2, 0.25) is 0 Å². The number of esters is 1. The van der Waals surface area contributed by atoms with Gasteiger partial charge in [-0.3, -0.25) is 9.59 Å². The SMILES string of the molecule is C=CS(=O)(O)(O)CC(CC)(C(C)=O)C(=O)OC(C)(C)C. The van der Waals surface area contributed by atoms with Crippen LogP contribution in [0.2, 0.25) is 0 Å². The van der Waals surface area contributed by atoms with Gasteiger partial charge in [-0.05, 0) is 34.1 Å². The normalized spacial score (nSPS) is 17.4. The highest BCUT2D eigenvalue weighted by molar-refractivity contribution is 8.12. The minimum Gasteiger partial charge on any atom is -0.459 e. The zero-order valence-electron chi connectivity index (χ0n) is 12.6. The van der Waals surface area contributed by atoms with Crippen molar-refractivity contribution in [1.29, 1.82) is 0 Å². The molecular weight excluding hydrogens is 284 g/mol. The lowest BCUT2D eigenvalue weighted by atomic mass is 9.83.